The summed E-state index contributed by atoms with van der Waals surface area (Å²) in [5, 5.41) is 0. The van der Waals surface area contributed by atoms with E-state index in [4.69, 9.17) is 0 Å². The average molecular weight is 758 g/mol. The number of hydrogen-bond donors (Lipinski definition) is 0. The molecule has 0 aliphatic heterocycles. The lowest BCUT2D eigenvalue weighted by molar-refractivity contribution is -0.0399. The molecule has 0 heterocycles. The minimum absolute atomic E-state index is 0.217. The summed E-state index contributed by atoms with van der Waals surface area (Å²) in [6.45, 7) is 0. The van der Waals surface area contributed by atoms with Gasteiger partial charge in [-0.2, -0.15) is 0 Å². The molecule has 0 aromatic heterocycles. The Bertz CT molecular complexity index is 2720. The van der Waals surface area contributed by atoms with Crippen LogP contribution < -0.4 is 4.90 Å². The highest BCUT2D eigenvalue weighted by Crippen LogP contribution is 2.69. The fraction of sp³-hybridized carbons (Fsp3) is 0.207. The Balaban J connectivity index is 0.907. The average Bonchev–Trinajstić information content (AvgIpc) is 3.59. The summed E-state index contributed by atoms with van der Waals surface area (Å²) >= 11 is 0. The van der Waals surface area contributed by atoms with Crippen molar-refractivity contribution in [1.29, 1.82) is 0 Å². The van der Waals surface area contributed by atoms with Crippen LogP contribution in [0.25, 0.3) is 50.1 Å². The Morgan fingerprint density at radius 2 is 1.08 bits per heavy atom. The van der Waals surface area contributed by atoms with Crippen LogP contribution in [0.1, 0.15) is 61.6 Å². The summed E-state index contributed by atoms with van der Waals surface area (Å²) in [4.78, 5) is 2.47. The van der Waals surface area contributed by atoms with E-state index >= 15 is 0 Å². The molecule has 7 aromatic rings. The van der Waals surface area contributed by atoms with Gasteiger partial charge in [-0.25, -0.2) is 0 Å². The van der Waals surface area contributed by atoms with Crippen LogP contribution in [0.2, 0.25) is 0 Å². The zero-order chi connectivity index (χ0) is 38.9. The summed E-state index contributed by atoms with van der Waals surface area (Å²) in [5.74, 6) is 3.50. The van der Waals surface area contributed by atoms with Crippen molar-refractivity contribution in [3.8, 4) is 44.5 Å². The van der Waals surface area contributed by atoms with E-state index in [-0.39, 0.29) is 5.41 Å². The first-order valence-corrected chi connectivity index (χ1v) is 21.9. The van der Waals surface area contributed by atoms with Gasteiger partial charge in [0.2, 0.25) is 0 Å². The molecular weight excluding hydrogens is 711 g/mol. The van der Waals surface area contributed by atoms with Crippen LogP contribution in [0.15, 0.2) is 182 Å². The second-order valence-electron chi connectivity index (χ2n) is 17.9. The highest BCUT2D eigenvalue weighted by Gasteiger charge is 2.61. The summed E-state index contributed by atoms with van der Waals surface area (Å²) < 4.78 is 0. The van der Waals surface area contributed by atoms with E-state index in [0.29, 0.717) is 0 Å². The van der Waals surface area contributed by atoms with Crippen molar-refractivity contribution in [3.05, 3.63) is 210 Å². The molecule has 1 nitrogen and oxygen atoms in total. The summed E-state index contributed by atoms with van der Waals surface area (Å²) in [6.07, 6.45) is 13.9. The normalized spacial score (nSPS) is 23.3. The van der Waals surface area contributed by atoms with E-state index in [1.54, 1.807) is 11.1 Å². The van der Waals surface area contributed by atoms with Crippen LogP contribution in [0, 0.1) is 35.8 Å². The van der Waals surface area contributed by atoms with Gasteiger partial charge < -0.3 is 4.90 Å². The van der Waals surface area contributed by atoms with Gasteiger partial charge >= 0.3 is 0 Å². The van der Waals surface area contributed by atoms with Crippen molar-refractivity contribution in [1.82, 2.24) is 0 Å². The Labute approximate surface area is 349 Å². The highest BCUT2D eigenvalue weighted by molar-refractivity contribution is 5.87. The molecule has 4 fully saturated rings. The lowest BCUT2D eigenvalue weighted by Crippen LogP contribution is -2.55. The first kappa shape index (κ1) is 34.7. The summed E-state index contributed by atoms with van der Waals surface area (Å²) in [6, 6.07) is 67.2. The van der Waals surface area contributed by atoms with Crippen LogP contribution in [0.4, 0.5) is 11.4 Å². The van der Waals surface area contributed by atoms with Crippen molar-refractivity contribution in [3.63, 3.8) is 0 Å². The van der Waals surface area contributed by atoms with Gasteiger partial charge in [-0.15, -0.1) is 0 Å². The topological polar surface area (TPSA) is 3.24 Å². The molecule has 1 spiro atoms. The second-order valence-corrected chi connectivity index (χ2v) is 17.9. The Morgan fingerprint density at radius 3 is 1.76 bits per heavy atom. The number of anilines is 2. The fourth-order valence-electron chi connectivity index (χ4n) is 12.6. The quantitative estimate of drug-likeness (QED) is 0.157. The molecule has 0 unspecified atom stereocenters. The van der Waals surface area contributed by atoms with Crippen LogP contribution in [-0.4, -0.2) is 0 Å². The predicted octanol–water partition coefficient (Wildman–Crippen LogP) is 14.9. The number of allylic oxidation sites excluding steroid dienone is 4. The van der Waals surface area contributed by atoms with Gasteiger partial charge in [0.05, 0.1) is 5.69 Å². The maximum Gasteiger partial charge on any atom is 0.0543 e. The van der Waals surface area contributed by atoms with Crippen molar-refractivity contribution < 1.29 is 0 Å². The van der Waals surface area contributed by atoms with E-state index in [1.165, 1.54) is 82.3 Å². The van der Waals surface area contributed by atoms with Gasteiger partial charge in [0.1, 0.15) is 0 Å². The number of fused-ring (bicyclic) bond motifs is 3. The molecule has 284 valence electrons. The molecule has 4 bridgehead atoms. The number of rotatable bonds is 7. The molecule has 6 aliphatic rings. The lowest BCUT2D eigenvalue weighted by Gasteiger charge is -2.61. The fourth-order valence-corrected chi connectivity index (χ4v) is 12.6. The van der Waals surface area contributed by atoms with E-state index in [9.17, 15) is 0 Å². The molecule has 0 N–H and O–H groups in total. The third-order valence-corrected chi connectivity index (χ3v) is 14.9. The van der Waals surface area contributed by atoms with Gasteiger partial charge in [0.25, 0.3) is 0 Å². The molecule has 0 amide bonds. The van der Waals surface area contributed by atoms with Crippen molar-refractivity contribution >= 4 is 16.9 Å². The van der Waals surface area contributed by atoms with Crippen molar-refractivity contribution in [2.24, 2.45) is 23.7 Å². The Kier molecular flexibility index (Phi) is 8.16. The summed E-state index contributed by atoms with van der Waals surface area (Å²) in [5.41, 5.74) is 20.0. The van der Waals surface area contributed by atoms with Gasteiger partial charge in [-0.1, -0.05) is 146 Å². The zero-order valence-electron chi connectivity index (χ0n) is 33.4. The standard InChI is InChI=1S/C58H47N/c1-3-11-41(12-4-1)42-19-21-43(22-20-42)44-23-28-50(29-24-44)59(57-18-10-8-15-52(57)46-13-5-2-6-14-46)51-30-25-45(26-31-51)47-27-32-56-54(38-47)53-16-7-9-17-55(53)58(56)48-34-39-33-40(36-48)37-49(58)35-39/h1-5,7-13,15-25,27-30,32,38-40,48-49H,26,31,33-37H2. The van der Waals surface area contributed by atoms with Crippen molar-refractivity contribution in [2.45, 2.75) is 50.4 Å². The van der Waals surface area contributed by atoms with Crippen molar-refractivity contribution in [2.75, 3.05) is 4.90 Å². The monoisotopic (exact) mass is 757 g/mol. The molecule has 1 heteroatoms. The number of benzene rings is 6. The second kappa shape index (κ2) is 13.9. The van der Waals surface area contributed by atoms with E-state index in [2.05, 4.69) is 187 Å². The molecule has 0 saturated heterocycles. The predicted molar refractivity (Wildman–Crippen MR) is 244 cm³/mol. The zero-order valence-corrected chi connectivity index (χ0v) is 33.4. The SMILES string of the molecule is c1cccc(-c2ccccc2N(C2=CC=C(c3ccc4c(c3)-c3ccccc3C43C4CC5CC(C4)CC3C5)CC2)c2ccc(-c3ccc(-c4ccccc4)cc3)cc2)c#1. The maximum atomic E-state index is 3.39. The van der Waals surface area contributed by atoms with Crippen LogP contribution >= 0.6 is 0 Å². The molecule has 0 atom stereocenters. The van der Waals surface area contributed by atoms with E-state index < -0.39 is 0 Å². The van der Waals surface area contributed by atoms with Gasteiger partial charge in [-0.3, -0.25) is 0 Å². The highest BCUT2D eigenvalue weighted by atomic mass is 15.2. The van der Waals surface area contributed by atoms with E-state index in [1.807, 2.05) is 6.07 Å². The first-order chi connectivity index (χ1) is 29.2. The molecular formula is C58H47N. The molecule has 59 heavy (non-hydrogen) atoms. The minimum Gasteiger partial charge on any atom is -0.314 e. The largest absolute Gasteiger partial charge is 0.314 e. The third kappa shape index (κ3) is 5.61. The van der Waals surface area contributed by atoms with Crippen LogP contribution in [0.3, 0.4) is 0 Å². The molecule has 13 rings (SSSR count). The summed E-state index contributed by atoms with van der Waals surface area (Å²) in [7, 11) is 0. The van der Waals surface area contributed by atoms with Crippen LogP contribution in [0.5, 0.6) is 0 Å². The third-order valence-electron chi connectivity index (χ3n) is 14.9. The minimum atomic E-state index is 0.217. The van der Waals surface area contributed by atoms with Crippen LogP contribution in [-0.2, 0) is 5.41 Å². The molecule has 6 aliphatic carbocycles. The molecule has 0 radical (unpaired) electrons. The van der Waals surface area contributed by atoms with Gasteiger partial charge in [0, 0.05) is 27.9 Å². The molecule has 7 aromatic carbocycles. The number of nitrogens with zero attached hydrogens (tertiary/aromatic N) is 1. The Hall–Kier alpha value is -6.36. The maximum absolute atomic E-state index is 3.39. The van der Waals surface area contributed by atoms with Gasteiger partial charge in [0.15, 0.2) is 0 Å². The number of para-hydroxylation sites is 1. The van der Waals surface area contributed by atoms with E-state index in [0.717, 1.165) is 59.0 Å². The Morgan fingerprint density at radius 1 is 0.475 bits per heavy atom. The van der Waals surface area contributed by atoms with Gasteiger partial charge in [-0.05, 0) is 167 Å². The first-order valence-electron chi connectivity index (χ1n) is 21.9. The lowest BCUT2D eigenvalue weighted by atomic mass is 9.43. The smallest absolute Gasteiger partial charge is 0.0543 e. The molecule has 4 saturated carbocycles. The number of hydrogen-bond acceptors (Lipinski definition) is 1.